The van der Waals surface area contributed by atoms with E-state index in [0.717, 1.165) is 37.8 Å². The molecule has 0 saturated carbocycles. The van der Waals surface area contributed by atoms with Gasteiger partial charge in [-0.15, -0.1) is 0 Å². The van der Waals surface area contributed by atoms with Crippen LogP contribution < -0.4 is 5.32 Å². The summed E-state index contributed by atoms with van der Waals surface area (Å²) >= 11 is 0. The highest BCUT2D eigenvalue weighted by atomic mass is 19.4. The van der Waals surface area contributed by atoms with Crippen molar-refractivity contribution in [3.8, 4) is 0 Å². The Labute approximate surface area is 117 Å². The molecule has 2 fully saturated rings. The molecule has 3 atom stereocenters. The SMILES string of the molecule is CC(c1cccc(C(F)(F)F)c1)N1CC2CNCC2C1. The Kier molecular flexibility index (Phi) is 3.50. The van der Waals surface area contributed by atoms with E-state index in [1.165, 1.54) is 12.1 Å². The van der Waals surface area contributed by atoms with Gasteiger partial charge in [-0.05, 0) is 49.5 Å². The first-order chi connectivity index (χ1) is 9.45. The van der Waals surface area contributed by atoms with E-state index in [9.17, 15) is 13.2 Å². The lowest BCUT2D eigenvalue weighted by atomic mass is 10.0. The minimum absolute atomic E-state index is 0.0444. The molecule has 3 rings (SSSR count). The molecule has 1 N–H and O–H groups in total. The van der Waals surface area contributed by atoms with Gasteiger partial charge in [0.2, 0.25) is 0 Å². The molecule has 2 aliphatic heterocycles. The summed E-state index contributed by atoms with van der Waals surface area (Å²) < 4.78 is 38.3. The molecule has 2 saturated heterocycles. The van der Waals surface area contributed by atoms with Crippen molar-refractivity contribution in [1.29, 1.82) is 0 Å². The molecule has 2 aliphatic rings. The Bertz CT molecular complexity index is 474. The molecule has 5 heteroatoms. The monoisotopic (exact) mass is 284 g/mol. The number of rotatable bonds is 2. The molecule has 3 unspecified atom stereocenters. The molecule has 0 aromatic heterocycles. The number of alkyl halides is 3. The van der Waals surface area contributed by atoms with Crippen LogP contribution in [0.15, 0.2) is 24.3 Å². The molecule has 0 amide bonds. The number of benzene rings is 1. The van der Waals surface area contributed by atoms with Crippen LogP contribution in [0.3, 0.4) is 0 Å². The minimum Gasteiger partial charge on any atom is -0.316 e. The zero-order valence-corrected chi connectivity index (χ0v) is 11.5. The van der Waals surface area contributed by atoms with Crippen LogP contribution in [0, 0.1) is 11.8 Å². The van der Waals surface area contributed by atoms with Gasteiger partial charge in [0, 0.05) is 19.1 Å². The summed E-state index contributed by atoms with van der Waals surface area (Å²) in [6.45, 7) is 6.04. The van der Waals surface area contributed by atoms with Crippen LogP contribution in [0.5, 0.6) is 0 Å². The van der Waals surface area contributed by atoms with Crippen molar-refractivity contribution in [2.45, 2.75) is 19.1 Å². The summed E-state index contributed by atoms with van der Waals surface area (Å²) in [7, 11) is 0. The zero-order valence-electron chi connectivity index (χ0n) is 11.5. The van der Waals surface area contributed by atoms with Crippen molar-refractivity contribution in [1.82, 2.24) is 10.2 Å². The summed E-state index contributed by atoms with van der Waals surface area (Å²) in [4.78, 5) is 2.31. The number of likely N-dealkylation sites (tertiary alicyclic amines) is 1. The van der Waals surface area contributed by atoms with Crippen LogP contribution >= 0.6 is 0 Å². The lowest BCUT2D eigenvalue weighted by molar-refractivity contribution is -0.137. The maximum absolute atomic E-state index is 12.8. The van der Waals surface area contributed by atoms with Gasteiger partial charge in [0.1, 0.15) is 0 Å². The third kappa shape index (κ3) is 2.56. The third-order valence-electron chi connectivity index (χ3n) is 4.66. The first-order valence-corrected chi connectivity index (χ1v) is 7.07. The molecule has 2 nitrogen and oxygen atoms in total. The van der Waals surface area contributed by atoms with E-state index in [1.807, 2.05) is 6.92 Å². The van der Waals surface area contributed by atoms with Crippen LogP contribution in [0.1, 0.15) is 24.1 Å². The van der Waals surface area contributed by atoms with Gasteiger partial charge in [-0.2, -0.15) is 13.2 Å². The second kappa shape index (κ2) is 5.04. The molecule has 20 heavy (non-hydrogen) atoms. The van der Waals surface area contributed by atoms with Crippen molar-refractivity contribution in [2.24, 2.45) is 11.8 Å². The Morgan fingerprint density at radius 3 is 2.45 bits per heavy atom. The van der Waals surface area contributed by atoms with Crippen LogP contribution in [-0.2, 0) is 6.18 Å². The van der Waals surface area contributed by atoms with E-state index >= 15 is 0 Å². The standard InChI is InChI=1S/C15H19F3N2/c1-10(20-8-12-6-19-7-13(12)9-20)11-3-2-4-14(5-11)15(16,17)18/h2-5,10,12-13,19H,6-9H2,1H3. The molecule has 1 aromatic carbocycles. The molecule has 1 aromatic rings. The van der Waals surface area contributed by atoms with E-state index < -0.39 is 11.7 Å². The van der Waals surface area contributed by atoms with Gasteiger partial charge >= 0.3 is 6.18 Å². The highest BCUT2D eigenvalue weighted by Crippen LogP contribution is 2.35. The zero-order chi connectivity index (χ0) is 14.3. The Morgan fingerprint density at radius 1 is 1.20 bits per heavy atom. The molecule has 0 radical (unpaired) electrons. The summed E-state index contributed by atoms with van der Waals surface area (Å²) in [6.07, 6.45) is -4.26. The number of fused-ring (bicyclic) bond motifs is 1. The first kappa shape index (κ1) is 13.9. The Hall–Kier alpha value is -1.07. The van der Waals surface area contributed by atoms with E-state index in [0.29, 0.717) is 11.8 Å². The van der Waals surface area contributed by atoms with Gasteiger partial charge in [0.25, 0.3) is 0 Å². The molecule has 0 aliphatic carbocycles. The molecule has 0 spiro atoms. The summed E-state index contributed by atoms with van der Waals surface area (Å²) in [6, 6.07) is 5.78. The Balaban J connectivity index is 1.76. The number of halogens is 3. The van der Waals surface area contributed by atoms with Crippen molar-refractivity contribution < 1.29 is 13.2 Å². The third-order valence-corrected chi connectivity index (χ3v) is 4.66. The summed E-state index contributed by atoms with van der Waals surface area (Å²) in [5, 5.41) is 3.38. The fraction of sp³-hybridized carbons (Fsp3) is 0.600. The predicted octanol–water partition coefficient (Wildman–Crippen LogP) is 2.92. The topological polar surface area (TPSA) is 15.3 Å². The average Bonchev–Trinajstić information content (AvgIpc) is 2.97. The smallest absolute Gasteiger partial charge is 0.316 e. The molecule has 2 heterocycles. The van der Waals surface area contributed by atoms with E-state index in [-0.39, 0.29) is 6.04 Å². The van der Waals surface area contributed by atoms with Crippen LogP contribution in [-0.4, -0.2) is 31.1 Å². The van der Waals surface area contributed by atoms with Crippen molar-refractivity contribution in [3.63, 3.8) is 0 Å². The van der Waals surface area contributed by atoms with Gasteiger partial charge in [-0.1, -0.05) is 12.1 Å². The van der Waals surface area contributed by atoms with Crippen molar-refractivity contribution in [3.05, 3.63) is 35.4 Å². The van der Waals surface area contributed by atoms with Crippen LogP contribution in [0.25, 0.3) is 0 Å². The van der Waals surface area contributed by atoms with E-state index in [1.54, 1.807) is 6.07 Å². The number of nitrogens with zero attached hydrogens (tertiary/aromatic N) is 1. The highest BCUT2D eigenvalue weighted by molar-refractivity contribution is 5.28. The lowest BCUT2D eigenvalue weighted by Gasteiger charge is -2.26. The lowest BCUT2D eigenvalue weighted by Crippen LogP contribution is -2.28. The fourth-order valence-corrected chi connectivity index (χ4v) is 3.39. The molecular formula is C15H19F3N2. The molecule has 0 bridgehead atoms. The van der Waals surface area contributed by atoms with Gasteiger partial charge in [0.15, 0.2) is 0 Å². The van der Waals surface area contributed by atoms with Gasteiger partial charge in [0.05, 0.1) is 5.56 Å². The predicted molar refractivity (Wildman–Crippen MR) is 71.3 cm³/mol. The van der Waals surface area contributed by atoms with Crippen molar-refractivity contribution in [2.75, 3.05) is 26.2 Å². The highest BCUT2D eigenvalue weighted by Gasteiger charge is 2.38. The first-order valence-electron chi connectivity index (χ1n) is 7.07. The quantitative estimate of drug-likeness (QED) is 0.898. The maximum Gasteiger partial charge on any atom is 0.416 e. The maximum atomic E-state index is 12.8. The van der Waals surface area contributed by atoms with Gasteiger partial charge in [-0.25, -0.2) is 0 Å². The number of nitrogens with one attached hydrogen (secondary N) is 1. The normalized spacial score (nSPS) is 28.6. The van der Waals surface area contributed by atoms with Gasteiger partial charge in [-0.3, -0.25) is 4.90 Å². The minimum atomic E-state index is -4.26. The largest absolute Gasteiger partial charge is 0.416 e. The summed E-state index contributed by atoms with van der Waals surface area (Å²) in [5.41, 5.74) is 0.204. The number of hydrogen-bond donors (Lipinski definition) is 1. The van der Waals surface area contributed by atoms with Crippen LogP contribution in [0.4, 0.5) is 13.2 Å². The van der Waals surface area contributed by atoms with Gasteiger partial charge < -0.3 is 5.32 Å². The second-order valence-electron chi connectivity index (χ2n) is 5.93. The average molecular weight is 284 g/mol. The van der Waals surface area contributed by atoms with Crippen LogP contribution in [0.2, 0.25) is 0 Å². The second-order valence-corrected chi connectivity index (χ2v) is 5.93. The molecule has 110 valence electrons. The van der Waals surface area contributed by atoms with E-state index in [4.69, 9.17) is 0 Å². The molecular weight excluding hydrogens is 265 g/mol. The van der Waals surface area contributed by atoms with Crippen molar-refractivity contribution >= 4 is 0 Å². The Morgan fingerprint density at radius 2 is 1.85 bits per heavy atom. The summed E-state index contributed by atoms with van der Waals surface area (Å²) in [5.74, 6) is 1.31. The fourth-order valence-electron chi connectivity index (χ4n) is 3.39. The van der Waals surface area contributed by atoms with E-state index in [2.05, 4.69) is 10.2 Å². The number of hydrogen-bond acceptors (Lipinski definition) is 2.